The van der Waals surface area contributed by atoms with Gasteiger partial charge in [-0.05, 0) is 47.9 Å². The smallest absolute Gasteiger partial charge is 0.336 e. The topological polar surface area (TPSA) is 84.2 Å². The zero-order valence-electron chi connectivity index (χ0n) is 22.3. The number of unbranched alkanes of at least 4 members (excludes halogenated alkanes) is 1. The fourth-order valence-corrected chi connectivity index (χ4v) is 5.03. The van der Waals surface area contributed by atoms with Crippen molar-refractivity contribution in [1.82, 2.24) is 14.9 Å². The monoisotopic (exact) mass is 521 g/mol. The van der Waals surface area contributed by atoms with Gasteiger partial charge in [-0.1, -0.05) is 76.6 Å². The number of imidazole rings is 1. The van der Waals surface area contributed by atoms with Crippen molar-refractivity contribution in [2.75, 3.05) is 0 Å². The fraction of sp³-hybridized carbons (Fsp3) is 0.433. The van der Waals surface area contributed by atoms with Gasteiger partial charge in [0.2, 0.25) is 5.91 Å². The normalized spacial score (nSPS) is 12.1. The molecule has 1 aromatic heterocycles. The number of rotatable bonds is 13. The van der Waals surface area contributed by atoms with Gasteiger partial charge in [0.1, 0.15) is 5.82 Å². The van der Waals surface area contributed by atoms with Crippen LogP contribution in [0, 0.1) is 5.92 Å². The van der Waals surface area contributed by atoms with Crippen LogP contribution in [0.3, 0.4) is 0 Å². The molecule has 1 unspecified atom stereocenters. The van der Waals surface area contributed by atoms with Crippen molar-refractivity contribution in [3.8, 4) is 11.1 Å². The standard InChI is InChI=1S/C30H39N3O3S/c1-5-7-12-28-32-25(6-2)26(18-31-29(34)27(37)17-20(3)4)33(28)19-21-13-15-22(16-14-21)23-10-8-9-11-24(23)30(35)36/h8-11,13-16,20,27,37H,5-7,12,17-19H2,1-4H3,(H,31,34)(H,35,36). The number of carboxylic acids is 1. The molecule has 0 aliphatic carbocycles. The largest absolute Gasteiger partial charge is 0.478 e. The number of hydrogen-bond acceptors (Lipinski definition) is 4. The summed E-state index contributed by atoms with van der Waals surface area (Å²) in [5, 5.41) is 12.3. The Morgan fingerprint density at radius 2 is 1.78 bits per heavy atom. The first-order valence-electron chi connectivity index (χ1n) is 13.2. The molecular weight excluding hydrogens is 482 g/mol. The second-order valence-electron chi connectivity index (χ2n) is 9.88. The third-order valence-corrected chi connectivity index (χ3v) is 6.96. The number of nitrogens with zero attached hydrogens (tertiary/aromatic N) is 2. The molecule has 198 valence electrons. The molecule has 0 saturated heterocycles. The molecular formula is C30H39N3O3S. The molecule has 3 rings (SSSR count). The molecule has 2 N–H and O–H groups in total. The van der Waals surface area contributed by atoms with E-state index in [1.165, 1.54) is 0 Å². The summed E-state index contributed by atoms with van der Waals surface area (Å²) in [7, 11) is 0. The highest BCUT2D eigenvalue weighted by atomic mass is 32.1. The molecule has 0 radical (unpaired) electrons. The second-order valence-corrected chi connectivity index (χ2v) is 10.5. The molecule has 0 spiro atoms. The quantitative estimate of drug-likeness (QED) is 0.235. The van der Waals surface area contributed by atoms with Crippen molar-refractivity contribution < 1.29 is 14.7 Å². The molecule has 7 heteroatoms. The molecule has 3 aromatic rings. The lowest BCUT2D eigenvalue weighted by atomic mass is 9.98. The van der Waals surface area contributed by atoms with Crippen LogP contribution in [0.2, 0.25) is 0 Å². The van der Waals surface area contributed by atoms with Crippen LogP contribution < -0.4 is 5.32 Å². The Hall–Kier alpha value is -3.06. The zero-order chi connectivity index (χ0) is 26.9. The molecule has 0 aliphatic rings. The average molecular weight is 522 g/mol. The van der Waals surface area contributed by atoms with E-state index in [1.807, 2.05) is 36.4 Å². The zero-order valence-corrected chi connectivity index (χ0v) is 23.2. The van der Waals surface area contributed by atoms with Crippen LogP contribution in [-0.2, 0) is 30.7 Å². The summed E-state index contributed by atoms with van der Waals surface area (Å²) >= 11 is 4.51. The van der Waals surface area contributed by atoms with Gasteiger partial charge in [0.25, 0.3) is 0 Å². The average Bonchev–Trinajstić information content (AvgIpc) is 3.21. The van der Waals surface area contributed by atoms with Gasteiger partial charge in [-0.3, -0.25) is 4.79 Å². The summed E-state index contributed by atoms with van der Waals surface area (Å²) in [6, 6.07) is 15.1. The van der Waals surface area contributed by atoms with Crippen LogP contribution >= 0.6 is 12.6 Å². The fourth-order valence-electron chi connectivity index (χ4n) is 4.52. The molecule has 1 atom stereocenters. The number of carboxylic acid groups (broad SMARTS) is 1. The first-order valence-corrected chi connectivity index (χ1v) is 13.7. The molecule has 1 heterocycles. The molecule has 6 nitrogen and oxygen atoms in total. The molecule has 0 bridgehead atoms. The number of carbonyl (C=O) groups is 2. The number of carbonyl (C=O) groups excluding carboxylic acids is 1. The molecule has 1 amide bonds. The van der Waals surface area contributed by atoms with Gasteiger partial charge < -0.3 is 15.0 Å². The lowest BCUT2D eigenvalue weighted by molar-refractivity contribution is -0.121. The van der Waals surface area contributed by atoms with E-state index in [1.54, 1.807) is 12.1 Å². The lowest BCUT2D eigenvalue weighted by Crippen LogP contribution is -2.33. The SMILES string of the molecule is CCCCc1nc(CC)c(CNC(=O)C(S)CC(C)C)n1Cc1ccc(-c2ccccc2C(=O)O)cc1. The minimum atomic E-state index is -0.936. The maximum absolute atomic E-state index is 12.7. The predicted octanol–water partition coefficient (Wildman–Crippen LogP) is 6.16. The van der Waals surface area contributed by atoms with Gasteiger partial charge in [-0.25, -0.2) is 9.78 Å². The van der Waals surface area contributed by atoms with Gasteiger partial charge in [0.05, 0.1) is 28.7 Å². The number of benzene rings is 2. The maximum atomic E-state index is 12.7. The van der Waals surface area contributed by atoms with E-state index in [-0.39, 0.29) is 16.7 Å². The van der Waals surface area contributed by atoms with Gasteiger partial charge in [0, 0.05) is 13.0 Å². The van der Waals surface area contributed by atoms with Gasteiger partial charge in [0.15, 0.2) is 0 Å². The van der Waals surface area contributed by atoms with E-state index in [0.717, 1.165) is 60.4 Å². The van der Waals surface area contributed by atoms with Crippen molar-refractivity contribution in [3.05, 3.63) is 76.9 Å². The third-order valence-electron chi connectivity index (χ3n) is 6.51. The third kappa shape index (κ3) is 7.48. The first-order chi connectivity index (χ1) is 17.7. The Morgan fingerprint density at radius 3 is 2.41 bits per heavy atom. The Bertz CT molecular complexity index is 1200. The van der Waals surface area contributed by atoms with Crippen molar-refractivity contribution in [2.24, 2.45) is 5.92 Å². The van der Waals surface area contributed by atoms with Gasteiger partial charge in [-0.15, -0.1) is 0 Å². The lowest BCUT2D eigenvalue weighted by Gasteiger charge is -2.16. The van der Waals surface area contributed by atoms with E-state index in [4.69, 9.17) is 4.98 Å². The first kappa shape index (κ1) is 28.5. The van der Waals surface area contributed by atoms with Crippen LogP contribution in [0.15, 0.2) is 48.5 Å². The van der Waals surface area contributed by atoms with Crippen LogP contribution in [0.25, 0.3) is 11.1 Å². The summed E-state index contributed by atoms with van der Waals surface area (Å²) in [4.78, 5) is 29.3. The van der Waals surface area contributed by atoms with Crippen LogP contribution in [-0.4, -0.2) is 31.8 Å². The van der Waals surface area contributed by atoms with Crippen molar-refractivity contribution >= 4 is 24.5 Å². The second kappa shape index (κ2) is 13.5. The highest BCUT2D eigenvalue weighted by molar-refractivity contribution is 7.81. The van der Waals surface area contributed by atoms with Gasteiger partial charge in [-0.2, -0.15) is 12.6 Å². The Balaban J connectivity index is 1.88. The molecule has 37 heavy (non-hydrogen) atoms. The van der Waals surface area contributed by atoms with Crippen molar-refractivity contribution in [1.29, 1.82) is 0 Å². The van der Waals surface area contributed by atoms with E-state index < -0.39 is 5.97 Å². The van der Waals surface area contributed by atoms with E-state index in [9.17, 15) is 14.7 Å². The number of aromatic carboxylic acids is 1. The van der Waals surface area contributed by atoms with E-state index in [2.05, 4.69) is 50.2 Å². The Kier molecular flexibility index (Phi) is 10.4. The van der Waals surface area contributed by atoms with Crippen molar-refractivity contribution in [3.63, 3.8) is 0 Å². The maximum Gasteiger partial charge on any atom is 0.336 e. The summed E-state index contributed by atoms with van der Waals surface area (Å²) in [5.41, 5.74) is 4.99. The Morgan fingerprint density at radius 1 is 1.08 bits per heavy atom. The molecule has 0 saturated carbocycles. The Labute approximate surface area is 225 Å². The molecule has 0 fully saturated rings. The summed E-state index contributed by atoms with van der Waals surface area (Å²) < 4.78 is 2.24. The minimum absolute atomic E-state index is 0.0524. The number of nitrogens with one attached hydrogen (secondary N) is 1. The molecule has 2 aromatic carbocycles. The minimum Gasteiger partial charge on any atom is -0.478 e. The van der Waals surface area contributed by atoms with Crippen LogP contribution in [0.5, 0.6) is 0 Å². The number of thiol groups is 1. The number of hydrogen-bond donors (Lipinski definition) is 3. The van der Waals surface area contributed by atoms with E-state index in [0.29, 0.717) is 24.6 Å². The summed E-state index contributed by atoms with van der Waals surface area (Å²) in [6.45, 7) is 9.49. The summed E-state index contributed by atoms with van der Waals surface area (Å²) in [6.07, 6.45) is 4.52. The number of amides is 1. The summed E-state index contributed by atoms with van der Waals surface area (Å²) in [5.74, 6) is 0.446. The van der Waals surface area contributed by atoms with E-state index >= 15 is 0 Å². The molecule has 0 aliphatic heterocycles. The number of aryl methyl sites for hydroxylation is 2. The predicted molar refractivity (Wildman–Crippen MR) is 152 cm³/mol. The highest BCUT2D eigenvalue weighted by Gasteiger charge is 2.20. The van der Waals surface area contributed by atoms with Crippen molar-refractivity contribution in [2.45, 2.75) is 78.1 Å². The van der Waals surface area contributed by atoms with Crippen LogP contribution in [0.4, 0.5) is 0 Å². The highest BCUT2D eigenvalue weighted by Crippen LogP contribution is 2.25. The van der Waals surface area contributed by atoms with Gasteiger partial charge >= 0.3 is 5.97 Å². The van der Waals surface area contributed by atoms with Crippen LogP contribution in [0.1, 0.15) is 80.1 Å². The number of aromatic nitrogens is 2.